The molecule has 0 radical (unpaired) electrons. The molecule has 0 aliphatic heterocycles. The molecule has 1 aliphatic carbocycles. The standard InChI is InChI=1S/C21H24N4O/c1-13-11-20-22-14(2)19(15(3)25(20)24-13)9-10-21(26)23-18-8-7-16-5-4-6-17(16)12-18/h7-8,11-12H,4-6,9-10H2,1-3H3,(H,23,26). The molecule has 5 heteroatoms. The molecule has 2 aromatic heterocycles. The summed E-state index contributed by atoms with van der Waals surface area (Å²) < 4.78 is 1.87. The van der Waals surface area contributed by atoms with Gasteiger partial charge in [0.05, 0.1) is 5.69 Å². The highest BCUT2D eigenvalue weighted by Crippen LogP contribution is 2.25. The lowest BCUT2D eigenvalue weighted by molar-refractivity contribution is -0.116. The van der Waals surface area contributed by atoms with Crippen LogP contribution in [0.15, 0.2) is 24.3 Å². The first-order valence-electron chi connectivity index (χ1n) is 9.25. The lowest BCUT2D eigenvalue weighted by Gasteiger charge is -2.11. The van der Waals surface area contributed by atoms with Crippen molar-refractivity contribution in [3.63, 3.8) is 0 Å². The number of hydrogen-bond donors (Lipinski definition) is 1. The molecule has 0 fully saturated rings. The van der Waals surface area contributed by atoms with Crippen LogP contribution in [0.25, 0.3) is 5.65 Å². The van der Waals surface area contributed by atoms with E-state index in [-0.39, 0.29) is 5.91 Å². The zero-order valence-electron chi connectivity index (χ0n) is 15.6. The minimum atomic E-state index is 0.0403. The zero-order chi connectivity index (χ0) is 18.3. The average Bonchev–Trinajstić information content (AvgIpc) is 3.20. The van der Waals surface area contributed by atoms with Crippen LogP contribution in [0.1, 0.15) is 46.6 Å². The molecule has 1 aliphatic rings. The van der Waals surface area contributed by atoms with E-state index in [0.717, 1.165) is 46.8 Å². The topological polar surface area (TPSA) is 59.3 Å². The van der Waals surface area contributed by atoms with Gasteiger partial charge in [-0.2, -0.15) is 5.10 Å². The Balaban J connectivity index is 1.47. The van der Waals surface area contributed by atoms with Gasteiger partial charge in [0.25, 0.3) is 0 Å². The van der Waals surface area contributed by atoms with Gasteiger partial charge in [0.15, 0.2) is 5.65 Å². The van der Waals surface area contributed by atoms with Crippen molar-refractivity contribution in [2.75, 3.05) is 5.32 Å². The number of rotatable bonds is 4. The minimum Gasteiger partial charge on any atom is -0.326 e. The Bertz CT molecular complexity index is 1000. The Hall–Kier alpha value is -2.69. The van der Waals surface area contributed by atoms with Crippen LogP contribution in [0, 0.1) is 20.8 Å². The number of carbonyl (C=O) groups excluding carboxylic acids is 1. The Labute approximate surface area is 153 Å². The third-order valence-electron chi connectivity index (χ3n) is 5.27. The van der Waals surface area contributed by atoms with Gasteiger partial charge in [-0.05, 0) is 75.3 Å². The summed E-state index contributed by atoms with van der Waals surface area (Å²) in [5.41, 5.74) is 8.65. The number of hydrogen-bond acceptors (Lipinski definition) is 3. The maximum Gasteiger partial charge on any atom is 0.224 e. The Morgan fingerprint density at radius 2 is 1.96 bits per heavy atom. The summed E-state index contributed by atoms with van der Waals surface area (Å²) in [6.45, 7) is 6.01. The van der Waals surface area contributed by atoms with Crippen molar-refractivity contribution < 1.29 is 4.79 Å². The van der Waals surface area contributed by atoms with Gasteiger partial charge in [0.2, 0.25) is 5.91 Å². The second kappa shape index (κ2) is 6.56. The van der Waals surface area contributed by atoms with E-state index in [2.05, 4.69) is 27.5 Å². The molecule has 1 amide bonds. The summed E-state index contributed by atoms with van der Waals surface area (Å²) in [5, 5.41) is 7.54. The quantitative estimate of drug-likeness (QED) is 0.782. The van der Waals surface area contributed by atoms with Crippen LogP contribution in [-0.2, 0) is 24.1 Å². The summed E-state index contributed by atoms with van der Waals surface area (Å²) in [4.78, 5) is 17.0. The molecule has 5 nitrogen and oxygen atoms in total. The van der Waals surface area contributed by atoms with Crippen molar-refractivity contribution in [1.82, 2.24) is 14.6 Å². The average molecular weight is 348 g/mol. The van der Waals surface area contributed by atoms with Gasteiger partial charge in [0, 0.05) is 29.6 Å². The van der Waals surface area contributed by atoms with Crippen LogP contribution < -0.4 is 5.32 Å². The molecule has 1 aromatic carbocycles. The summed E-state index contributed by atoms with van der Waals surface area (Å²) in [6.07, 6.45) is 4.59. The largest absolute Gasteiger partial charge is 0.326 e. The Morgan fingerprint density at radius 3 is 2.81 bits per heavy atom. The van der Waals surface area contributed by atoms with E-state index < -0.39 is 0 Å². The van der Waals surface area contributed by atoms with E-state index in [1.165, 1.54) is 17.5 Å². The summed E-state index contributed by atoms with van der Waals surface area (Å²) >= 11 is 0. The second-order valence-electron chi connectivity index (χ2n) is 7.20. The summed E-state index contributed by atoms with van der Waals surface area (Å²) in [5.74, 6) is 0.0403. The normalized spacial score (nSPS) is 13.2. The minimum absolute atomic E-state index is 0.0403. The van der Waals surface area contributed by atoms with Crippen molar-refractivity contribution in [3.8, 4) is 0 Å². The summed E-state index contributed by atoms with van der Waals surface area (Å²) in [7, 11) is 0. The van der Waals surface area contributed by atoms with Crippen LogP contribution in [0.4, 0.5) is 5.69 Å². The van der Waals surface area contributed by atoms with E-state index in [1.807, 2.05) is 37.4 Å². The highest BCUT2D eigenvalue weighted by Gasteiger charge is 2.14. The van der Waals surface area contributed by atoms with Gasteiger partial charge in [-0.25, -0.2) is 9.50 Å². The predicted octanol–water partition coefficient (Wildman–Crippen LogP) is 3.71. The molecule has 0 saturated heterocycles. The van der Waals surface area contributed by atoms with Crippen molar-refractivity contribution >= 4 is 17.2 Å². The first-order valence-corrected chi connectivity index (χ1v) is 9.25. The van der Waals surface area contributed by atoms with Crippen LogP contribution in [0.3, 0.4) is 0 Å². The Morgan fingerprint density at radius 1 is 1.15 bits per heavy atom. The fourth-order valence-electron chi connectivity index (χ4n) is 3.91. The maximum absolute atomic E-state index is 12.4. The molecule has 4 rings (SSSR count). The molecule has 0 bridgehead atoms. The van der Waals surface area contributed by atoms with Crippen molar-refractivity contribution in [2.24, 2.45) is 0 Å². The fourth-order valence-corrected chi connectivity index (χ4v) is 3.91. The van der Waals surface area contributed by atoms with Crippen LogP contribution in [0.2, 0.25) is 0 Å². The number of carbonyl (C=O) groups is 1. The van der Waals surface area contributed by atoms with Gasteiger partial charge < -0.3 is 5.32 Å². The molecule has 1 N–H and O–H groups in total. The number of anilines is 1. The highest BCUT2D eigenvalue weighted by atomic mass is 16.1. The third-order valence-corrected chi connectivity index (χ3v) is 5.27. The molecule has 2 heterocycles. The highest BCUT2D eigenvalue weighted by molar-refractivity contribution is 5.91. The van der Waals surface area contributed by atoms with Crippen LogP contribution in [0.5, 0.6) is 0 Å². The number of nitrogens with one attached hydrogen (secondary N) is 1. The lowest BCUT2D eigenvalue weighted by atomic mass is 10.1. The number of amides is 1. The molecular weight excluding hydrogens is 324 g/mol. The monoisotopic (exact) mass is 348 g/mol. The molecular formula is C21H24N4O. The lowest BCUT2D eigenvalue weighted by Crippen LogP contribution is -2.14. The fraction of sp³-hybridized carbons (Fsp3) is 0.381. The molecule has 134 valence electrons. The molecule has 26 heavy (non-hydrogen) atoms. The second-order valence-corrected chi connectivity index (χ2v) is 7.20. The Kier molecular flexibility index (Phi) is 4.23. The molecule has 0 unspecified atom stereocenters. The van der Waals surface area contributed by atoms with Gasteiger partial charge in [-0.1, -0.05) is 6.07 Å². The van der Waals surface area contributed by atoms with Crippen LogP contribution >= 0.6 is 0 Å². The van der Waals surface area contributed by atoms with E-state index in [4.69, 9.17) is 0 Å². The first kappa shape index (κ1) is 16.8. The maximum atomic E-state index is 12.4. The van der Waals surface area contributed by atoms with Crippen LogP contribution in [-0.4, -0.2) is 20.5 Å². The van der Waals surface area contributed by atoms with Gasteiger partial charge in [-0.15, -0.1) is 0 Å². The van der Waals surface area contributed by atoms with E-state index in [1.54, 1.807) is 0 Å². The molecule has 3 aromatic rings. The molecule has 0 spiro atoms. The van der Waals surface area contributed by atoms with E-state index in [0.29, 0.717) is 12.8 Å². The molecule has 0 saturated carbocycles. The summed E-state index contributed by atoms with van der Waals surface area (Å²) in [6, 6.07) is 8.25. The first-order chi connectivity index (χ1) is 12.5. The van der Waals surface area contributed by atoms with E-state index in [9.17, 15) is 4.79 Å². The zero-order valence-corrected chi connectivity index (χ0v) is 15.6. The van der Waals surface area contributed by atoms with Gasteiger partial charge in [0.1, 0.15) is 0 Å². The number of nitrogens with zero attached hydrogens (tertiary/aromatic N) is 3. The number of benzene rings is 1. The number of aryl methyl sites for hydroxylation is 5. The van der Waals surface area contributed by atoms with Crippen molar-refractivity contribution in [2.45, 2.75) is 52.9 Å². The van der Waals surface area contributed by atoms with Crippen molar-refractivity contribution in [1.29, 1.82) is 0 Å². The molecule has 0 atom stereocenters. The van der Waals surface area contributed by atoms with Gasteiger partial charge >= 0.3 is 0 Å². The van der Waals surface area contributed by atoms with E-state index >= 15 is 0 Å². The SMILES string of the molecule is Cc1cc2nc(C)c(CCC(=O)Nc3ccc4c(c3)CCC4)c(C)n2n1. The third kappa shape index (κ3) is 3.09. The van der Waals surface area contributed by atoms with Crippen molar-refractivity contribution in [3.05, 3.63) is 58.0 Å². The smallest absolute Gasteiger partial charge is 0.224 e. The van der Waals surface area contributed by atoms with Gasteiger partial charge in [-0.3, -0.25) is 4.79 Å². The number of fused-ring (bicyclic) bond motifs is 2. The number of aromatic nitrogens is 3. The predicted molar refractivity (Wildman–Crippen MR) is 103 cm³/mol.